The van der Waals surface area contributed by atoms with E-state index in [2.05, 4.69) is 19.6 Å². The highest BCUT2D eigenvalue weighted by Crippen LogP contribution is 2.11. The number of carboxylic acids is 1. The van der Waals surface area contributed by atoms with Crippen LogP contribution in [0.15, 0.2) is 0 Å². The maximum atomic E-state index is 11.1. The number of carbonyl (C=O) groups is 2. The summed E-state index contributed by atoms with van der Waals surface area (Å²) in [4.78, 5) is 21.4. The van der Waals surface area contributed by atoms with Gasteiger partial charge in [-0.25, -0.2) is 0 Å². The maximum absolute atomic E-state index is 11.1. The van der Waals surface area contributed by atoms with Gasteiger partial charge in [0.2, 0.25) is 0 Å². The maximum Gasteiger partial charge on any atom is 0.306 e. The minimum Gasteiger partial charge on any atom is -0.481 e. The van der Waals surface area contributed by atoms with Gasteiger partial charge in [0.1, 0.15) is 5.78 Å². The molecule has 0 fully saturated rings. The smallest absolute Gasteiger partial charge is 0.306 e. The number of halogens is 1. The molecule has 0 saturated carbocycles. The van der Waals surface area contributed by atoms with Crippen LogP contribution in [-0.4, -0.2) is 31.1 Å². The second-order valence-electron chi connectivity index (χ2n) is 5.95. The fourth-order valence-electron chi connectivity index (χ4n) is 2.03. The average Bonchev–Trinajstić information content (AvgIpc) is 2.64. The Balaban J connectivity index is -0.000000149. The highest BCUT2D eigenvalue weighted by molar-refractivity contribution is 5.80. The van der Waals surface area contributed by atoms with Gasteiger partial charge in [0, 0.05) is 12.3 Å². The van der Waals surface area contributed by atoms with Crippen molar-refractivity contribution in [2.45, 2.75) is 92.4 Å². The van der Waals surface area contributed by atoms with Gasteiger partial charge in [-0.1, -0.05) is 73.1 Å². The summed E-state index contributed by atoms with van der Waals surface area (Å²) in [6, 6.07) is 0. The second kappa shape index (κ2) is 27.9. The van der Waals surface area contributed by atoms with Gasteiger partial charge >= 0.3 is 5.97 Å². The molecule has 0 amide bonds. The number of alkyl halides is 1. The van der Waals surface area contributed by atoms with E-state index in [0.29, 0.717) is 18.1 Å². The molecule has 3 N–H and O–H groups in total. The highest BCUT2D eigenvalue weighted by Gasteiger charge is 2.09. The van der Waals surface area contributed by atoms with Gasteiger partial charge < -0.3 is 10.8 Å². The molecule has 0 spiro atoms. The Morgan fingerprint density at radius 1 is 0.960 bits per heavy atom. The van der Waals surface area contributed by atoms with E-state index in [1.165, 1.54) is 26.3 Å². The van der Waals surface area contributed by atoms with Crippen molar-refractivity contribution in [3.63, 3.8) is 0 Å². The lowest BCUT2D eigenvalue weighted by Crippen LogP contribution is -2.08. The van der Waals surface area contributed by atoms with Crippen LogP contribution in [-0.2, 0) is 9.59 Å². The Kier molecular flexibility index (Phi) is 32.1. The first kappa shape index (κ1) is 28.8. The highest BCUT2D eigenvalue weighted by atomic mass is 19.1. The van der Waals surface area contributed by atoms with Crippen molar-refractivity contribution in [2.75, 3.05) is 14.2 Å². The molecule has 0 rings (SSSR count). The predicted octanol–water partition coefficient (Wildman–Crippen LogP) is 5.63. The van der Waals surface area contributed by atoms with Crippen molar-refractivity contribution in [3.8, 4) is 0 Å². The predicted molar refractivity (Wildman–Crippen MR) is 107 cm³/mol. The van der Waals surface area contributed by atoms with Crippen molar-refractivity contribution in [1.82, 2.24) is 0 Å². The SMILES string of the molecule is CCCCC[C@H](C)C(=O)CC.CCCCC[C@H](C)C(=O)O.CN.[2H]CF. The van der Waals surface area contributed by atoms with Crippen LogP contribution in [0.5, 0.6) is 0 Å². The molecule has 4 nitrogen and oxygen atoms in total. The van der Waals surface area contributed by atoms with Gasteiger partial charge in [-0.2, -0.15) is 0 Å². The molecule has 5 heteroatoms. The second-order valence-corrected chi connectivity index (χ2v) is 5.95. The summed E-state index contributed by atoms with van der Waals surface area (Å²) in [6.45, 7) is 10.1. The summed E-state index contributed by atoms with van der Waals surface area (Å²) in [5.41, 5.74) is 4.50. The first-order chi connectivity index (χ1) is 12.3. The van der Waals surface area contributed by atoms with Gasteiger partial charge in [0.25, 0.3) is 0 Å². The number of carboxylic acid groups (broad SMARTS) is 1. The number of unbranched alkanes of at least 4 members (excludes halogenated alkanes) is 4. The van der Waals surface area contributed by atoms with Crippen LogP contribution >= 0.6 is 0 Å². The molecule has 0 aliphatic rings. The van der Waals surface area contributed by atoms with Crippen molar-refractivity contribution < 1.29 is 20.5 Å². The van der Waals surface area contributed by atoms with Crippen LogP contribution in [0, 0.1) is 11.8 Å². The number of Topliss-reactive ketones (excluding diaryl/α,β-unsaturated/α-hetero) is 1. The molecule has 0 aliphatic heterocycles. The Morgan fingerprint density at radius 3 is 1.60 bits per heavy atom. The summed E-state index contributed by atoms with van der Waals surface area (Å²) in [5, 5.41) is 8.48. The summed E-state index contributed by atoms with van der Waals surface area (Å²) >= 11 is 0. The first-order valence-corrected chi connectivity index (χ1v) is 9.50. The quantitative estimate of drug-likeness (QED) is 0.464. The van der Waals surface area contributed by atoms with Crippen LogP contribution in [0.4, 0.5) is 4.39 Å². The molecule has 0 aromatic carbocycles. The van der Waals surface area contributed by atoms with Crippen molar-refractivity contribution in [3.05, 3.63) is 0 Å². The Bertz CT molecular complexity index is 292. The molecule has 25 heavy (non-hydrogen) atoms. The van der Waals surface area contributed by atoms with Crippen LogP contribution in [0.25, 0.3) is 0 Å². The Morgan fingerprint density at radius 2 is 1.32 bits per heavy atom. The third-order valence-electron chi connectivity index (χ3n) is 3.80. The molecule has 0 bridgehead atoms. The molecule has 0 saturated heterocycles. The fraction of sp³-hybridized carbons (Fsp3) is 0.900. The number of aliphatic carboxylic acids is 1. The van der Waals surface area contributed by atoms with E-state index in [1.807, 2.05) is 13.8 Å². The topological polar surface area (TPSA) is 80.4 Å². The molecule has 0 heterocycles. The molecular formula is C20H44FNO3. The van der Waals surface area contributed by atoms with E-state index >= 15 is 0 Å². The lowest BCUT2D eigenvalue weighted by atomic mass is 9.97. The standard InChI is InChI=1S/C10H20O.C8H16O2.CH3F.CH5N/c1-4-6-7-8-9(3)10(11)5-2;1-3-4-5-6-7(2)8(9)10;2*1-2/h9H,4-8H2,1-3H3;7H,3-6H2,1-2H3,(H,9,10);1H3;2H2,1H3/t9-;7-;;/m00../s1/i;;1D;. The monoisotopic (exact) mass is 366 g/mol. The third-order valence-corrected chi connectivity index (χ3v) is 3.80. The molecule has 0 aromatic rings. The van der Waals surface area contributed by atoms with E-state index in [4.69, 9.17) is 6.48 Å². The van der Waals surface area contributed by atoms with E-state index in [0.717, 1.165) is 32.1 Å². The van der Waals surface area contributed by atoms with Gasteiger partial charge in [0.05, 0.1) is 14.4 Å². The normalized spacial score (nSPS) is 11.9. The van der Waals surface area contributed by atoms with Crippen LogP contribution in [0.3, 0.4) is 0 Å². The summed E-state index contributed by atoms with van der Waals surface area (Å²) in [7, 11) is 0.500. The number of ketones is 1. The van der Waals surface area contributed by atoms with Crippen molar-refractivity contribution >= 4 is 11.8 Å². The van der Waals surface area contributed by atoms with Crippen LogP contribution < -0.4 is 5.73 Å². The first-order valence-electron chi connectivity index (χ1n) is 10.2. The van der Waals surface area contributed by atoms with Gasteiger partial charge in [-0.3, -0.25) is 14.0 Å². The zero-order chi connectivity index (χ0) is 21.4. The van der Waals surface area contributed by atoms with Crippen molar-refractivity contribution in [1.29, 1.82) is 0 Å². The van der Waals surface area contributed by atoms with Crippen molar-refractivity contribution in [2.24, 2.45) is 17.6 Å². The minimum atomic E-state index is -1.00. The van der Waals surface area contributed by atoms with E-state index < -0.39 is 13.1 Å². The fourth-order valence-corrected chi connectivity index (χ4v) is 2.03. The Labute approximate surface area is 157 Å². The number of nitrogens with two attached hydrogens (primary N) is 1. The van der Waals surface area contributed by atoms with Gasteiger partial charge in [-0.05, 0) is 19.9 Å². The zero-order valence-electron chi connectivity index (χ0n) is 18.4. The van der Waals surface area contributed by atoms with E-state index in [-0.39, 0.29) is 5.92 Å². The number of hydrogen-bond acceptors (Lipinski definition) is 3. The molecule has 154 valence electrons. The molecule has 0 aliphatic carbocycles. The van der Waals surface area contributed by atoms with E-state index in [1.54, 1.807) is 6.92 Å². The lowest BCUT2D eigenvalue weighted by molar-refractivity contribution is -0.141. The average molecular weight is 367 g/mol. The van der Waals surface area contributed by atoms with E-state index in [9.17, 15) is 14.0 Å². The minimum absolute atomic E-state index is 0.161. The van der Waals surface area contributed by atoms with Gasteiger partial charge in [-0.15, -0.1) is 0 Å². The Hall–Kier alpha value is -0.970. The lowest BCUT2D eigenvalue weighted by Gasteiger charge is -2.07. The molecule has 0 radical (unpaired) electrons. The molecule has 0 aromatic heterocycles. The van der Waals surface area contributed by atoms with Crippen LogP contribution in [0.1, 0.15) is 93.8 Å². The summed E-state index contributed by atoms with van der Waals surface area (Å²) in [6.07, 6.45) is 9.68. The summed E-state index contributed by atoms with van der Waals surface area (Å²) < 4.78 is 15.5. The molecule has 0 unspecified atom stereocenters. The zero-order valence-corrected chi connectivity index (χ0v) is 17.4. The number of hydrogen-bond donors (Lipinski definition) is 2. The summed E-state index contributed by atoms with van der Waals surface area (Å²) in [5.74, 6) is -0.115. The largest absolute Gasteiger partial charge is 0.481 e. The van der Waals surface area contributed by atoms with Crippen LogP contribution in [0.2, 0.25) is 0 Å². The number of rotatable bonds is 11. The van der Waals surface area contributed by atoms with Gasteiger partial charge in [0.15, 0.2) is 0 Å². The number of carbonyl (C=O) groups excluding carboxylic acids is 1. The third kappa shape index (κ3) is 28.1. The molecular weight excluding hydrogens is 321 g/mol. The molecule has 2 atom stereocenters.